The van der Waals surface area contributed by atoms with Crippen LogP contribution in [0.4, 0.5) is 5.69 Å². The van der Waals surface area contributed by atoms with Crippen molar-refractivity contribution >= 4 is 57.2 Å². The molecule has 0 bridgehead atoms. The van der Waals surface area contributed by atoms with E-state index in [0.717, 1.165) is 34.1 Å². The monoisotopic (exact) mass is 529 g/mol. The van der Waals surface area contributed by atoms with E-state index in [9.17, 15) is 4.79 Å². The minimum absolute atomic E-state index is 0.133. The molecular weight excluding hydrogens is 509 g/mol. The van der Waals surface area contributed by atoms with Gasteiger partial charge in [-0.15, -0.1) is 0 Å². The third-order valence-corrected chi connectivity index (χ3v) is 6.42. The molecule has 1 amide bonds. The van der Waals surface area contributed by atoms with Crippen molar-refractivity contribution in [1.82, 2.24) is 9.88 Å². The van der Waals surface area contributed by atoms with Crippen molar-refractivity contribution in [3.05, 3.63) is 80.0 Å². The number of carbonyl (C=O) groups is 1. The standard InChI is InChI=1S/C23H20IN3O2S/c1-14-12-16(15(2)27(14)19-8-4-17(24)5-9-19)13-21-22(28)26-23(30-21)25-18-6-10-20(29-3)11-7-18/h4-13H,1-3H3,(H,25,26,28)/b21-13-. The van der Waals surface area contributed by atoms with E-state index in [0.29, 0.717) is 10.1 Å². The van der Waals surface area contributed by atoms with Crippen LogP contribution in [-0.2, 0) is 4.79 Å². The summed E-state index contributed by atoms with van der Waals surface area (Å²) in [5.74, 6) is 0.637. The summed E-state index contributed by atoms with van der Waals surface area (Å²) in [7, 11) is 1.63. The van der Waals surface area contributed by atoms with E-state index in [-0.39, 0.29) is 5.91 Å². The molecular formula is C23H20IN3O2S. The van der Waals surface area contributed by atoms with Crippen molar-refractivity contribution in [2.24, 2.45) is 4.99 Å². The number of hydrogen-bond acceptors (Lipinski definition) is 4. The molecule has 0 unspecified atom stereocenters. The zero-order valence-electron chi connectivity index (χ0n) is 16.8. The number of hydrogen-bond donors (Lipinski definition) is 1. The summed E-state index contributed by atoms with van der Waals surface area (Å²) in [6, 6.07) is 17.9. The van der Waals surface area contributed by atoms with E-state index in [4.69, 9.17) is 4.74 Å². The molecule has 1 aliphatic rings. The highest BCUT2D eigenvalue weighted by molar-refractivity contribution is 14.1. The van der Waals surface area contributed by atoms with Crippen molar-refractivity contribution in [3.63, 3.8) is 0 Å². The molecule has 1 saturated heterocycles. The van der Waals surface area contributed by atoms with Crippen molar-refractivity contribution < 1.29 is 9.53 Å². The molecule has 0 radical (unpaired) electrons. The van der Waals surface area contributed by atoms with Crippen molar-refractivity contribution in [2.45, 2.75) is 13.8 Å². The van der Waals surface area contributed by atoms with Crippen LogP contribution in [0.1, 0.15) is 17.0 Å². The molecule has 1 aromatic heterocycles. The molecule has 1 aliphatic heterocycles. The first-order valence-corrected chi connectivity index (χ1v) is 11.2. The zero-order valence-corrected chi connectivity index (χ0v) is 19.7. The van der Waals surface area contributed by atoms with E-state index in [1.165, 1.54) is 15.3 Å². The van der Waals surface area contributed by atoms with E-state index in [2.05, 4.69) is 81.6 Å². The number of aryl methyl sites for hydroxylation is 1. The fraction of sp³-hybridized carbons (Fsp3) is 0.130. The molecule has 1 N–H and O–H groups in total. The summed E-state index contributed by atoms with van der Waals surface area (Å²) in [5.41, 5.74) is 5.11. The maximum atomic E-state index is 12.5. The number of halogens is 1. The van der Waals surface area contributed by atoms with Crippen LogP contribution in [0.3, 0.4) is 0 Å². The van der Waals surface area contributed by atoms with E-state index >= 15 is 0 Å². The van der Waals surface area contributed by atoms with E-state index < -0.39 is 0 Å². The summed E-state index contributed by atoms with van der Waals surface area (Å²) in [6.07, 6.45) is 1.93. The Morgan fingerprint density at radius 3 is 2.47 bits per heavy atom. The number of aliphatic imine (C=N–C) groups is 1. The van der Waals surface area contributed by atoms with Gasteiger partial charge in [-0.3, -0.25) is 4.79 Å². The largest absolute Gasteiger partial charge is 0.497 e. The number of rotatable bonds is 4. The van der Waals surface area contributed by atoms with Gasteiger partial charge in [-0.25, -0.2) is 4.99 Å². The Labute approximate surface area is 193 Å². The molecule has 5 nitrogen and oxygen atoms in total. The highest BCUT2D eigenvalue weighted by Gasteiger charge is 2.24. The van der Waals surface area contributed by atoms with Gasteiger partial charge in [-0.2, -0.15) is 0 Å². The molecule has 0 atom stereocenters. The first-order chi connectivity index (χ1) is 14.4. The fourth-order valence-electron chi connectivity index (χ4n) is 3.32. The fourth-order valence-corrected chi connectivity index (χ4v) is 4.51. The normalized spacial score (nSPS) is 16.3. The maximum Gasteiger partial charge on any atom is 0.264 e. The predicted octanol–water partition coefficient (Wildman–Crippen LogP) is 5.60. The Morgan fingerprint density at radius 2 is 1.80 bits per heavy atom. The maximum absolute atomic E-state index is 12.5. The molecule has 0 saturated carbocycles. The number of thioether (sulfide) groups is 1. The smallest absolute Gasteiger partial charge is 0.264 e. The van der Waals surface area contributed by atoms with Crippen LogP contribution in [0, 0.1) is 17.4 Å². The molecule has 2 aromatic carbocycles. The Hall–Kier alpha value is -2.52. The lowest BCUT2D eigenvalue weighted by Crippen LogP contribution is -2.19. The number of methoxy groups -OCH3 is 1. The molecule has 152 valence electrons. The van der Waals surface area contributed by atoms with Crippen molar-refractivity contribution in [2.75, 3.05) is 7.11 Å². The minimum atomic E-state index is -0.133. The summed E-state index contributed by atoms with van der Waals surface area (Å²) in [6.45, 7) is 4.15. The Balaban J connectivity index is 1.60. The third kappa shape index (κ3) is 4.32. The number of nitrogens with one attached hydrogen (secondary N) is 1. The van der Waals surface area contributed by atoms with Gasteiger partial charge < -0.3 is 14.6 Å². The Bertz CT molecular complexity index is 1160. The van der Waals surface area contributed by atoms with Crippen LogP contribution in [-0.4, -0.2) is 22.8 Å². The third-order valence-electron chi connectivity index (χ3n) is 4.80. The van der Waals surface area contributed by atoms with Gasteiger partial charge in [0, 0.05) is 20.6 Å². The Morgan fingerprint density at radius 1 is 1.10 bits per heavy atom. The lowest BCUT2D eigenvalue weighted by atomic mass is 10.2. The quantitative estimate of drug-likeness (QED) is 0.354. The predicted molar refractivity (Wildman–Crippen MR) is 132 cm³/mol. The van der Waals surface area contributed by atoms with Gasteiger partial charge in [0.25, 0.3) is 5.91 Å². The average molecular weight is 529 g/mol. The molecule has 3 aromatic rings. The van der Waals surface area contributed by atoms with Crippen LogP contribution in [0.25, 0.3) is 11.8 Å². The van der Waals surface area contributed by atoms with Gasteiger partial charge in [0.05, 0.1) is 17.7 Å². The van der Waals surface area contributed by atoms with Gasteiger partial charge in [0.1, 0.15) is 5.75 Å². The molecule has 2 heterocycles. The SMILES string of the molecule is COc1ccc(N=C2NC(=O)/C(=C/c3cc(C)n(-c4ccc(I)cc4)c3C)S2)cc1. The zero-order chi connectivity index (χ0) is 21.3. The van der Waals surface area contributed by atoms with Gasteiger partial charge in [0.2, 0.25) is 0 Å². The topological polar surface area (TPSA) is 55.6 Å². The van der Waals surface area contributed by atoms with Crippen LogP contribution in [0.2, 0.25) is 0 Å². The molecule has 0 spiro atoms. The second-order valence-electron chi connectivity index (χ2n) is 6.82. The number of benzene rings is 2. The van der Waals surface area contributed by atoms with Crippen LogP contribution in [0.5, 0.6) is 5.75 Å². The lowest BCUT2D eigenvalue weighted by Gasteiger charge is -2.09. The van der Waals surface area contributed by atoms with Crippen LogP contribution in [0.15, 0.2) is 64.5 Å². The molecule has 0 aliphatic carbocycles. The molecule has 1 fully saturated rings. The number of ether oxygens (including phenoxy) is 1. The summed E-state index contributed by atoms with van der Waals surface area (Å²) in [5, 5.41) is 3.42. The van der Waals surface area contributed by atoms with Crippen molar-refractivity contribution in [1.29, 1.82) is 0 Å². The first kappa shape index (κ1) is 20.7. The molecule has 30 heavy (non-hydrogen) atoms. The van der Waals surface area contributed by atoms with Crippen LogP contribution >= 0.6 is 34.4 Å². The summed E-state index contributed by atoms with van der Waals surface area (Å²) >= 11 is 3.65. The number of aromatic nitrogens is 1. The van der Waals surface area contributed by atoms with Gasteiger partial charge in [0.15, 0.2) is 5.17 Å². The lowest BCUT2D eigenvalue weighted by molar-refractivity contribution is -0.115. The van der Waals surface area contributed by atoms with E-state index in [1.807, 2.05) is 30.3 Å². The number of amidine groups is 1. The first-order valence-electron chi connectivity index (χ1n) is 9.33. The second kappa shape index (κ2) is 8.69. The number of carbonyl (C=O) groups excluding carboxylic acids is 1. The summed E-state index contributed by atoms with van der Waals surface area (Å²) < 4.78 is 8.56. The minimum Gasteiger partial charge on any atom is -0.497 e. The van der Waals surface area contributed by atoms with Gasteiger partial charge in [-0.1, -0.05) is 0 Å². The summed E-state index contributed by atoms with van der Waals surface area (Å²) in [4.78, 5) is 17.6. The highest BCUT2D eigenvalue weighted by Crippen LogP contribution is 2.31. The highest BCUT2D eigenvalue weighted by atomic mass is 127. The number of amides is 1. The Kier molecular flexibility index (Phi) is 6.01. The van der Waals surface area contributed by atoms with Gasteiger partial charge in [-0.05, 0) is 114 Å². The number of nitrogens with zero attached hydrogens (tertiary/aromatic N) is 2. The van der Waals surface area contributed by atoms with Gasteiger partial charge >= 0.3 is 0 Å². The van der Waals surface area contributed by atoms with Crippen molar-refractivity contribution in [3.8, 4) is 11.4 Å². The average Bonchev–Trinajstić information content (AvgIpc) is 3.21. The molecule has 4 rings (SSSR count). The van der Waals surface area contributed by atoms with Crippen LogP contribution < -0.4 is 10.1 Å². The molecule has 7 heteroatoms. The van der Waals surface area contributed by atoms with E-state index in [1.54, 1.807) is 7.11 Å². The second-order valence-corrected chi connectivity index (χ2v) is 9.09.